The molecule has 0 aliphatic rings. The van der Waals surface area contributed by atoms with E-state index in [1.165, 1.54) is 24.4 Å². The van der Waals surface area contributed by atoms with Crippen molar-refractivity contribution in [2.75, 3.05) is 6.61 Å². The number of alkyl halides is 2. The van der Waals surface area contributed by atoms with Gasteiger partial charge in [-0.2, -0.15) is 17.2 Å². The summed E-state index contributed by atoms with van der Waals surface area (Å²) in [6.07, 6.45) is 0. The lowest BCUT2D eigenvalue weighted by Crippen LogP contribution is -2.38. The van der Waals surface area contributed by atoms with E-state index >= 15 is 0 Å². The Kier molecular flexibility index (Phi) is 4.64. The summed E-state index contributed by atoms with van der Waals surface area (Å²) in [5.74, 6) is -1.11. The van der Waals surface area contributed by atoms with Crippen LogP contribution in [0.3, 0.4) is 0 Å². The van der Waals surface area contributed by atoms with E-state index in [1.54, 1.807) is 0 Å². The van der Waals surface area contributed by atoms with E-state index in [4.69, 9.17) is 0 Å². The second-order valence-corrected chi connectivity index (χ2v) is 6.05. The summed E-state index contributed by atoms with van der Waals surface area (Å²) in [6.45, 7) is 2.79. The number of esters is 1. The second kappa shape index (κ2) is 5.66. The summed E-state index contributed by atoms with van der Waals surface area (Å²) in [5, 5.41) is -3.09. The number of ether oxygens (including phenoxy) is 1. The number of hydrogen-bond donors (Lipinski definition) is 0. The monoisotopic (exact) mass is 312 g/mol. The first-order valence-corrected chi connectivity index (χ1v) is 7.12. The van der Waals surface area contributed by atoms with Gasteiger partial charge < -0.3 is 8.92 Å². The first-order valence-electron chi connectivity index (χ1n) is 4.84. The maximum atomic E-state index is 13.4. The van der Waals surface area contributed by atoms with Crippen LogP contribution in [-0.2, 0) is 19.6 Å². The first kappa shape index (κ1) is 15.6. The van der Waals surface area contributed by atoms with Crippen molar-refractivity contribution in [1.82, 2.24) is 0 Å². The van der Waals surface area contributed by atoms with Gasteiger partial charge in [0.1, 0.15) is 0 Å². The smallest absolute Gasteiger partial charge is 0.413 e. The molecule has 0 radical (unpaired) electrons. The Morgan fingerprint density at radius 2 is 2.16 bits per heavy atom. The van der Waals surface area contributed by atoms with Crippen LogP contribution < -0.4 is 4.18 Å². The zero-order chi connectivity index (χ0) is 14.7. The highest BCUT2D eigenvalue weighted by molar-refractivity contribution is 7.88. The predicted octanol–water partition coefficient (Wildman–Crippen LogP) is 2.17. The molecule has 0 bridgehead atoms. The second-order valence-electron chi connectivity index (χ2n) is 3.46. The number of carbonyl (C=O) groups is 1. The minimum Gasteiger partial charge on any atom is -0.455 e. The molecule has 1 aromatic heterocycles. The van der Waals surface area contributed by atoms with Crippen molar-refractivity contribution in [1.29, 1.82) is 0 Å². The quantitative estimate of drug-likeness (QED) is 0.457. The molecule has 0 aliphatic carbocycles. The van der Waals surface area contributed by atoms with Gasteiger partial charge in [0.25, 0.3) is 0 Å². The molecule has 0 amide bonds. The molecule has 0 saturated carbocycles. The van der Waals surface area contributed by atoms with E-state index in [1.807, 2.05) is 0 Å². The third-order valence-electron chi connectivity index (χ3n) is 1.77. The van der Waals surface area contributed by atoms with Crippen LogP contribution >= 0.6 is 11.3 Å². The van der Waals surface area contributed by atoms with Gasteiger partial charge in [-0.05, 0) is 24.4 Å². The lowest BCUT2D eigenvalue weighted by Gasteiger charge is -2.16. The Morgan fingerprint density at radius 1 is 1.53 bits per heavy atom. The SMILES string of the molecule is C=C(C)C(=O)OCC(F)(F)S(=O)(=O)Oc1cccs1. The topological polar surface area (TPSA) is 69.7 Å². The van der Waals surface area contributed by atoms with Crippen molar-refractivity contribution < 1.29 is 30.9 Å². The van der Waals surface area contributed by atoms with Gasteiger partial charge in [0.05, 0.1) is 0 Å². The van der Waals surface area contributed by atoms with Gasteiger partial charge >= 0.3 is 21.3 Å². The maximum Gasteiger partial charge on any atom is 0.413 e. The van der Waals surface area contributed by atoms with Gasteiger partial charge in [-0.25, -0.2) is 4.79 Å². The third kappa shape index (κ3) is 4.00. The largest absolute Gasteiger partial charge is 0.455 e. The van der Waals surface area contributed by atoms with E-state index in [2.05, 4.69) is 15.5 Å². The standard InChI is InChI=1S/C10H10F2O5S2/c1-7(2)9(13)16-6-10(11,12)19(14,15)17-8-4-3-5-18-8/h3-5H,1,6H2,2H3. The van der Waals surface area contributed by atoms with Crippen LogP contribution in [0.4, 0.5) is 8.78 Å². The van der Waals surface area contributed by atoms with Crippen LogP contribution in [-0.4, -0.2) is 26.2 Å². The van der Waals surface area contributed by atoms with E-state index < -0.39 is 27.9 Å². The van der Waals surface area contributed by atoms with E-state index in [0.717, 1.165) is 11.3 Å². The molecule has 1 rings (SSSR count). The van der Waals surface area contributed by atoms with Gasteiger partial charge in [-0.3, -0.25) is 0 Å². The Morgan fingerprint density at radius 3 is 2.63 bits per heavy atom. The summed E-state index contributed by atoms with van der Waals surface area (Å²) in [6, 6.07) is 2.66. The zero-order valence-electron chi connectivity index (χ0n) is 9.76. The molecule has 9 heteroatoms. The Balaban J connectivity index is 2.75. The number of thiophene rings is 1. The molecule has 1 heterocycles. The third-order valence-corrected chi connectivity index (χ3v) is 3.87. The van der Waals surface area contributed by atoms with Crippen molar-refractivity contribution >= 4 is 27.4 Å². The lowest BCUT2D eigenvalue weighted by atomic mass is 10.4. The molecule has 0 saturated heterocycles. The average Bonchev–Trinajstić information content (AvgIpc) is 2.77. The molecule has 106 valence electrons. The van der Waals surface area contributed by atoms with E-state index in [-0.39, 0.29) is 10.6 Å². The maximum absolute atomic E-state index is 13.4. The molecule has 0 unspecified atom stereocenters. The summed E-state index contributed by atoms with van der Waals surface area (Å²) in [7, 11) is -5.23. The fraction of sp³-hybridized carbons (Fsp3) is 0.300. The Labute approximate surface area is 112 Å². The van der Waals surface area contributed by atoms with Gasteiger partial charge in [0.15, 0.2) is 11.7 Å². The summed E-state index contributed by atoms with van der Waals surface area (Å²) in [5.41, 5.74) is -0.118. The molecule has 0 spiro atoms. The highest BCUT2D eigenvalue weighted by atomic mass is 32.2. The van der Waals surface area contributed by atoms with Gasteiger partial charge in [-0.1, -0.05) is 6.58 Å². The fourth-order valence-corrected chi connectivity index (χ4v) is 2.30. The predicted molar refractivity (Wildman–Crippen MR) is 64.6 cm³/mol. The highest BCUT2D eigenvalue weighted by Gasteiger charge is 2.49. The summed E-state index contributed by atoms with van der Waals surface area (Å²) >= 11 is 0.839. The van der Waals surface area contributed by atoms with Gasteiger partial charge in [0.2, 0.25) is 0 Å². The van der Waals surface area contributed by atoms with Crippen molar-refractivity contribution in [3.05, 3.63) is 29.7 Å². The molecular weight excluding hydrogens is 302 g/mol. The van der Waals surface area contributed by atoms with Crippen LogP contribution in [0.5, 0.6) is 5.06 Å². The number of carbonyl (C=O) groups excluding carboxylic acids is 1. The number of rotatable bonds is 6. The van der Waals surface area contributed by atoms with Gasteiger partial charge in [0, 0.05) is 5.57 Å². The molecular formula is C10H10F2O5S2. The normalized spacial score (nSPS) is 11.9. The highest BCUT2D eigenvalue weighted by Crippen LogP contribution is 2.28. The van der Waals surface area contributed by atoms with Crippen molar-refractivity contribution in [2.24, 2.45) is 0 Å². The van der Waals surface area contributed by atoms with Crippen LogP contribution in [0.1, 0.15) is 6.92 Å². The molecule has 0 aromatic carbocycles. The first-order chi connectivity index (χ1) is 8.66. The lowest BCUT2D eigenvalue weighted by molar-refractivity contribution is -0.144. The number of hydrogen-bond acceptors (Lipinski definition) is 6. The van der Waals surface area contributed by atoms with Crippen molar-refractivity contribution in [3.63, 3.8) is 0 Å². The molecule has 0 atom stereocenters. The van der Waals surface area contributed by atoms with Crippen LogP contribution in [0.25, 0.3) is 0 Å². The molecule has 5 nitrogen and oxygen atoms in total. The van der Waals surface area contributed by atoms with Crippen molar-refractivity contribution in [2.45, 2.75) is 12.2 Å². The average molecular weight is 312 g/mol. The summed E-state index contributed by atoms with van der Waals surface area (Å²) < 4.78 is 57.8. The minimum atomic E-state index is -5.23. The molecule has 0 fully saturated rings. The van der Waals surface area contributed by atoms with Crippen LogP contribution in [0, 0.1) is 0 Å². The zero-order valence-corrected chi connectivity index (χ0v) is 11.4. The minimum absolute atomic E-state index is 0.118. The molecule has 0 aliphatic heterocycles. The van der Waals surface area contributed by atoms with Crippen molar-refractivity contribution in [3.8, 4) is 5.06 Å². The van der Waals surface area contributed by atoms with E-state index in [9.17, 15) is 22.0 Å². The van der Waals surface area contributed by atoms with Crippen LogP contribution in [0.15, 0.2) is 29.7 Å². The molecule has 19 heavy (non-hydrogen) atoms. The Bertz CT molecular complexity index is 563. The number of halogens is 2. The Hall–Kier alpha value is -1.48. The van der Waals surface area contributed by atoms with Crippen LogP contribution in [0.2, 0.25) is 0 Å². The van der Waals surface area contributed by atoms with Gasteiger partial charge in [-0.15, -0.1) is 11.3 Å². The molecule has 0 N–H and O–H groups in total. The molecule has 1 aromatic rings. The fourth-order valence-electron chi connectivity index (χ4n) is 0.825. The summed E-state index contributed by atoms with van der Waals surface area (Å²) in [4.78, 5) is 10.9. The van der Waals surface area contributed by atoms with E-state index in [0.29, 0.717) is 0 Å².